The van der Waals surface area contributed by atoms with E-state index in [0.717, 1.165) is 51.0 Å². The molecule has 0 unspecified atom stereocenters. The molecule has 0 atom stereocenters. The van der Waals surface area contributed by atoms with E-state index in [1.54, 1.807) is 60.7 Å². The maximum absolute atomic E-state index is 12.8. The fourth-order valence-electron chi connectivity index (χ4n) is 4.55. The Morgan fingerprint density at radius 3 is 1.45 bits per heavy atom. The van der Waals surface area contributed by atoms with Crippen LogP contribution in [0.5, 0.6) is 11.5 Å². The average molecular weight is 638 g/mol. The van der Waals surface area contributed by atoms with E-state index in [9.17, 15) is 9.59 Å². The summed E-state index contributed by atoms with van der Waals surface area (Å²) in [6, 6.07) is 33.5. The molecule has 0 aliphatic rings. The van der Waals surface area contributed by atoms with Gasteiger partial charge in [-0.1, -0.05) is 85.6 Å². The second kappa shape index (κ2) is 21.1. The fourth-order valence-corrected chi connectivity index (χ4v) is 4.55. The maximum Gasteiger partial charge on any atom is 0.343 e. The van der Waals surface area contributed by atoms with Crippen LogP contribution in [0, 0.1) is 0 Å². The quantitative estimate of drug-likeness (QED) is 0.0710. The molecule has 0 aromatic heterocycles. The highest BCUT2D eigenvalue weighted by Crippen LogP contribution is 2.30. The third-order valence-corrected chi connectivity index (χ3v) is 6.91. The van der Waals surface area contributed by atoms with Crippen molar-refractivity contribution >= 4 is 36.8 Å². The summed E-state index contributed by atoms with van der Waals surface area (Å²) < 4.78 is 11.3. The molecule has 4 aromatic rings. The van der Waals surface area contributed by atoms with E-state index in [0.29, 0.717) is 11.1 Å². The van der Waals surface area contributed by atoms with Gasteiger partial charge in [-0.15, -0.1) is 24.8 Å². The van der Waals surface area contributed by atoms with Crippen LogP contribution in [-0.2, 0) is 12.8 Å². The summed E-state index contributed by atoms with van der Waals surface area (Å²) in [4.78, 5) is 25.4. The van der Waals surface area contributed by atoms with Crippen LogP contribution < -0.4 is 20.1 Å². The molecule has 0 spiro atoms. The zero-order chi connectivity index (χ0) is 29.2. The molecule has 0 heterocycles. The summed E-state index contributed by atoms with van der Waals surface area (Å²) in [6.07, 6.45) is 6.59. The number of esters is 2. The van der Waals surface area contributed by atoms with Gasteiger partial charge in [-0.3, -0.25) is 0 Å². The SMILES string of the molecule is Cl.Cl.O=C(Oc1ccc(CCNCCCCCCNCCc2ccccc2)cc1OC(=O)c1ccccc1)c1ccccc1. The predicted molar refractivity (Wildman–Crippen MR) is 182 cm³/mol. The van der Waals surface area contributed by atoms with Crippen molar-refractivity contribution < 1.29 is 19.1 Å². The second-order valence-corrected chi connectivity index (χ2v) is 10.2. The molecule has 8 heteroatoms. The molecule has 0 amide bonds. The normalized spacial score (nSPS) is 10.3. The number of benzene rings is 4. The van der Waals surface area contributed by atoms with Gasteiger partial charge in [-0.2, -0.15) is 0 Å². The maximum atomic E-state index is 12.8. The molecule has 6 nitrogen and oxygen atoms in total. The minimum absolute atomic E-state index is 0. The highest BCUT2D eigenvalue weighted by molar-refractivity contribution is 5.93. The topological polar surface area (TPSA) is 76.7 Å². The van der Waals surface area contributed by atoms with Gasteiger partial charge >= 0.3 is 11.9 Å². The first kappa shape index (κ1) is 36.5. The Balaban J connectivity index is 0.00000337. The lowest BCUT2D eigenvalue weighted by atomic mass is 10.1. The van der Waals surface area contributed by atoms with Gasteiger partial charge in [-0.05, 0) is 99.4 Å². The zero-order valence-electron chi connectivity index (χ0n) is 24.9. The van der Waals surface area contributed by atoms with Gasteiger partial charge in [0.15, 0.2) is 11.5 Å². The minimum Gasteiger partial charge on any atom is -0.419 e. The van der Waals surface area contributed by atoms with Gasteiger partial charge in [0.2, 0.25) is 0 Å². The third-order valence-electron chi connectivity index (χ3n) is 6.91. The molecule has 0 aliphatic heterocycles. The van der Waals surface area contributed by atoms with Crippen LogP contribution in [0.2, 0.25) is 0 Å². The van der Waals surface area contributed by atoms with Crippen molar-refractivity contribution in [2.45, 2.75) is 38.5 Å². The van der Waals surface area contributed by atoms with E-state index in [1.807, 2.05) is 18.2 Å². The monoisotopic (exact) mass is 636 g/mol. The number of hydrogen-bond acceptors (Lipinski definition) is 6. The van der Waals surface area contributed by atoms with Gasteiger partial charge in [0, 0.05) is 0 Å². The van der Waals surface area contributed by atoms with Crippen LogP contribution in [0.3, 0.4) is 0 Å². The van der Waals surface area contributed by atoms with E-state index in [4.69, 9.17) is 9.47 Å². The molecule has 0 saturated carbocycles. The summed E-state index contributed by atoms with van der Waals surface area (Å²) in [5, 5.41) is 7.05. The number of nitrogens with one attached hydrogen (secondary N) is 2. The van der Waals surface area contributed by atoms with Gasteiger partial charge in [0.1, 0.15) is 0 Å². The van der Waals surface area contributed by atoms with Crippen LogP contribution >= 0.6 is 24.8 Å². The summed E-state index contributed by atoms with van der Waals surface area (Å²) in [6.45, 7) is 3.85. The Hall–Kier alpha value is -3.68. The van der Waals surface area contributed by atoms with Crippen molar-refractivity contribution in [3.63, 3.8) is 0 Å². The number of carbonyl (C=O) groups is 2. The van der Waals surface area contributed by atoms with Crippen molar-refractivity contribution in [3.05, 3.63) is 131 Å². The molecule has 44 heavy (non-hydrogen) atoms. The smallest absolute Gasteiger partial charge is 0.343 e. The summed E-state index contributed by atoms with van der Waals surface area (Å²) in [7, 11) is 0. The van der Waals surface area contributed by atoms with Crippen LogP contribution in [0.1, 0.15) is 57.5 Å². The lowest BCUT2D eigenvalue weighted by Crippen LogP contribution is -2.19. The molecular formula is C36H42Cl2N2O4. The van der Waals surface area contributed by atoms with Crippen LogP contribution in [-0.4, -0.2) is 38.1 Å². The van der Waals surface area contributed by atoms with Crippen molar-refractivity contribution in [2.75, 3.05) is 26.2 Å². The van der Waals surface area contributed by atoms with E-state index in [2.05, 4.69) is 41.0 Å². The van der Waals surface area contributed by atoms with Crippen molar-refractivity contribution in [2.24, 2.45) is 0 Å². The first-order valence-electron chi connectivity index (χ1n) is 14.8. The van der Waals surface area contributed by atoms with Crippen LogP contribution in [0.25, 0.3) is 0 Å². The summed E-state index contributed by atoms with van der Waals surface area (Å²) in [5.74, 6) is -0.582. The number of hydrogen-bond donors (Lipinski definition) is 2. The Morgan fingerprint density at radius 1 is 0.477 bits per heavy atom. The largest absolute Gasteiger partial charge is 0.419 e. The van der Waals surface area contributed by atoms with Gasteiger partial charge in [0.25, 0.3) is 0 Å². The lowest BCUT2D eigenvalue weighted by molar-refractivity contribution is 0.0682. The molecule has 0 aliphatic carbocycles. The number of halogens is 2. The Bertz CT molecular complexity index is 1370. The molecule has 0 fully saturated rings. The van der Waals surface area contributed by atoms with E-state index in [1.165, 1.54) is 24.8 Å². The molecule has 0 radical (unpaired) electrons. The highest BCUT2D eigenvalue weighted by atomic mass is 35.5. The summed E-state index contributed by atoms with van der Waals surface area (Å²) in [5.41, 5.74) is 3.21. The first-order chi connectivity index (χ1) is 20.7. The molecule has 4 rings (SSSR count). The van der Waals surface area contributed by atoms with Crippen LogP contribution in [0.4, 0.5) is 0 Å². The Kier molecular flexibility index (Phi) is 17.5. The summed E-state index contributed by atoms with van der Waals surface area (Å²) >= 11 is 0. The highest BCUT2D eigenvalue weighted by Gasteiger charge is 2.17. The molecule has 4 aromatic carbocycles. The number of ether oxygens (including phenoxy) is 2. The Morgan fingerprint density at radius 2 is 0.932 bits per heavy atom. The third kappa shape index (κ3) is 12.9. The minimum atomic E-state index is -0.509. The van der Waals surface area contributed by atoms with Crippen LogP contribution in [0.15, 0.2) is 109 Å². The zero-order valence-corrected chi connectivity index (χ0v) is 26.5. The van der Waals surface area contributed by atoms with E-state index < -0.39 is 11.9 Å². The second-order valence-electron chi connectivity index (χ2n) is 10.2. The van der Waals surface area contributed by atoms with Crippen molar-refractivity contribution in [3.8, 4) is 11.5 Å². The lowest BCUT2D eigenvalue weighted by Gasteiger charge is -2.13. The predicted octanol–water partition coefficient (Wildman–Crippen LogP) is 7.49. The standard InChI is InChI=1S/C36H40N2O4.2ClH/c39-35(31-16-8-4-9-17-31)41-33-21-20-30(28-34(33)42-36(40)32-18-10-5-11-19-32)23-27-38-25-13-2-1-12-24-37-26-22-29-14-6-3-7-15-29;;/h3-11,14-21,28,37-38H,1-2,12-13,22-27H2;2*1H. The number of unbranched alkanes of at least 4 members (excludes halogenated alkanes) is 3. The number of carbonyl (C=O) groups excluding carboxylic acids is 2. The van der Waals surface area contributed by atoms with Gasteiger partial charge in [-0.25, -0.2) is 9.59 Å². The molecule has 0 saturated heterocycles. The van der Waals surface area contributed by atoms with Gasteiger partial charge < -0.3 is 20.1 Å². The number of rotatable bonds is 17. The molecule has 2 N–H and O–H groups in total. The first-order valence-corrected chi connectivity index (χ1v) is 14.8. The van der Waals surface area contributed by atoms with Crippen molar-refractivity contribution in [1.82, 2.24) is 10.6 Å². The van der Waals surface area contributed by atoms with E-state index in [-0.39, 0.29) is 36.3 Å². The average Bonchev–Trinajstić information content (AvgIpc) is 3.04. The van der Waals surface area contributed by atoms with E-state index >= 15 is 0 Å². The Labute approximate surface area is 273 Å². The van der Waals surface area contributed by atoms with Crippen molar-refractivity contribution in [1.29, 1.82) is 0 Å². The van der Waals surface area contributed by atoms with Gasteiger partial charge in [0.05, 0.1) is 11.1 Å². The molecule has 0 bridgehead atoms. The molecule has 234 valence electrons. The molecular weight excluding hydrogens is 595 g/mol. The fraction of sp³-hybridized carbons (Fsp3) is 0.278.